The molecule has 0 bridgehead atoms. The van der Waals surface area contributed by atoms with Gasteiger partial charge >= 0.3 is 11.9 Å². The van der Waals surface area contributed by atoms with E-state index in [4.69, 9.17) is 9.84 Å². The van der Waals surface area contributed by atoms with Crippen LogP contribution in [0.1, 0.15) is 71.1 Å². The zero-order chi connectivity index (χ0) is 16.5. The molecule has 1 N–H and O–H groups in total. The third kappa shape index (κ3) is 17.7. The van der Waals surface area contributed by atoms with Gasteiger partial charge in [0.1, 0.15) is 0 Å². The molecule has 130 valence electrons. The Hall–Kier alpha value is -0.360. The first-order valence-electron chi connectivity index (χ1n) is 8.28. The van der Waals surface area contributed by atoms with E-state index in [1.165, 1.54) is 25.7 Å². The van der Waals surface area contributed by atoms with Crippen molar-refractivity contribution in [3.8, 4) is 0 Å². The maximum atomic E-state index is 11.5. The third-order valence-corrected chi connectivity index (χ3v) is 5.65. The molecular formula is C16H30O4S2. The smallest absolute Gasteiger partial charge is 0.305 e. The molecule has 0 saturated heterocycles. The topological polar surface area (TPSA) is 63.6 Å². The molecule has 0 aliphatic rings. The van der Waals surface area contributed by atoms with E-state index in [0.717, 1.165) is 30.8 Å². The number of ether oxygens (including phenoxy) is 1. The van der Waals surface area contributed by atoms with Crippen molar-refractivity contribution in [3.63, 3.8) is 0 Å². The minimum Gasteiger partial charge on any atom is -0.481 e. The minimum atomic E-state index is -0.737. The fourth-order valence-electron chi connectivity index (χ4n) is 1.82. The average molecular weight is 351 g/mol. The summed E-state index contributed by atoms with van der Waals surface area (Å²) in [5.41, 5.74) is 0. The van der Waals surface area contributed by atoms with E-state index in [0.29, 0.717) is 19.4 Å². The molecule has 0 aliphatic carbocycles. The molecule has 0 aromatic rings. The van der Waals surface area contributed by atoms with Gasteiger partial charge in [0.25, 0.3) is 0 Å². The Kier molecular flexibility index (Phi) is 16.7. The van der Waals surface area contributed by atoms with Crippen molar-refractivity contribution in [1.82, 2.24) is 0 Å². The summed E-state index contributed by atoms with van der Waals surface area (Å²) in [5, 5.41) is 8.49. The normalized spacial score (nSPS) is 10.6. The molecule has 0 heterocycles. The minimum absolute atomic E-state index is 0.0926. The van der Waals surface area contributed by atoms with Crippen LogP contribution in [-0.4, -0.2) is 35.2 Å². The summed E-state index contributed by atoms with van der Waals surface area (Å²) >= 11 is 0. The number of hydrogen-bond acceptors (Lipinski definition) is 5. The number of carboxylic acid groups (broad SMARTS) is 1. The Labute approximate surface area is 142 Å². The molecule has 0 fully saturated rings. The quantitative estimate of drug-likeness (QED) is 0.242. The Morgan fingerprint density at radius 1 is 0.864 bits per heavy atom. The monoisotopic (exact) mass is 350 g/mol. The third-order valence-electron chi connectivity index (χ3n) is 3.07. The lowest BCUT2D eigenvalue weighted by molar-refractivity contribution is -0.143. The fourth-order valence-corrected chi connectivity index (χ4v) is 3.99. The lowest BCUT2D eigenvalue weighted by atomic mass is 10.1. The first kappa shape index (κ1) is 21.6. The van der Waals surface area contributed by atoms with Crippen LogP contribution in [0.2, 0.25) is 0 Å². The Morgan fingerprint density at radius 3 is 2.09 bits per heavy atom. The van der Waals surface area contributed by atoms with Crippen molar-refractivity contribution in [2.75, 3.05) is 18.1 Å². The summed E-state index contributed by atoms with van der Waals surface area (Å²) in [5.74, 6) is 0.923. The second kappa shape index (κ2) is 17.0. The molecule has 0 aromatic heterocycles. The summed E-state index contributed by atoms with van der Waals surface area (Å²) < 4.78 is 5.20. The van der Waals surface area contributed by atoms with Crippen LogP contribution in [-0.2, 0) is 14.3 Å². The number of esters is 1. The van der Waals surface area contributed by atoms with E-state index in [1.807, 2.05) is 0 Å². The molecule has 0 amide bonds. The molecular weight excluding hydrogens is 320 g/mol. The average Bonchev–Trinajstić information content (AvgIpc) is 2.48. The first-order valence-corrected chi connectivity index (χ1v) is 10.8. The van der Waals surface area contributed by atoms with Crippen molar-refractivity contribution in [1.29, 1.82) is 0 Å². The highest BCUT2D eigenvalue weighted by Gasteiger charge is 2.03. The highest BCUT2D eigenvalue weighted by atomic mass is 33.1. The van der Waals surface area contributed by atoms with Gasteiger partial charge in [0.05, 0.1) is 6.61 Å². The number of unbranched alkanes of at least 4 members (excludes halogenated alkanes) is 5. The largest absolute Gasteiger partial charge is 0.481 e. The van der Waals surface area contributed by atoms with Crippen molar-refractivity contribution in [3.05, 3.63) is 0 Å². The summed E-state index contributed by atoms with van der Waals surface area (Å²) in [6, 6.07) is 0. The predicted octanol–water partition coefficient (Wildman–Crippen LogP) is 4.92. The maximum Gasteiger partial charge on any atom is 0.305 e. The molecule has 4 nitrogen and oxygen atoms in total. The molecule has 0 atom stereocenters. The lowest BCUT2D eigenvalue weighted by Crippen LogP contribution is -2.06. The van der Waals surface area contributed by atoms with E-state index in [2.05, 4.69) is 6.92 Å². The van der Waals surface area contributed by atoms with Crippen LogP contribution in [0.4, 0.5) is 0 Å². The molecule has 0 aliphatic heterocycles. The van der Waals surface area contributed by atoms with Crippen LogP contribution >= 0.6 is 21.6 Å². The zero-order valence-corrected chi connectivity index (χ0v) is 15.3. The fraction of sp³-hybridized carbons (Fsp3) is 0.875. The van der Waals surface area contributed by atoms with Gasteiger partial charge in [-0.05, 0) is 19.3 Å². The number of carbonyl (C=O) groups excluding carboxylic acids is 1. The molecule has 0 unspecified atom stereocenters. The number of hydrogen-bond donors (Lipinski definition) is 1. The summed E-state index contributed by atoms with van der Waals surface area (Å²) in [7, 11) is 3.38. The van der Waals surface area contributed by atoms with E-state index in [1.54, 1.807) is 21.6 Å². The second-order valence-electron chi connectivity index (χ2n) is 5.23. The molecule has 6 heteroatoms. The van der Waals surface area contributed by atoms with Crippen molar-refractivity contribution >= 4 is 33.5 Å². The Bertz CT molecular complexity index is 285. The van der Waals surface area contributed by atoms with Crippen LogP contribution in [0.15, 0.2) is 0 Å². The van der Waals surface area contributed by atoms with Crippen molar-refractivity contribution < 1.29 is 19.4 Å². The maximum absolute atomic E-state index is 11.5. The molecule has 0 aromatic carbocycles. The van der Waals surface area contributed by atoms with Gasteiger partial charge in [0, 0.05) is 24.3 Å². The van der Waals surface area contributed by atoms with Gasteiger partial charge in [-0.25, -0.2) is 0 Å². The highest BCUT2D eigenvalue weighted by molar-refractivity contribution is 8.76. The number of carboxylic acids is 1. The lowest BCUT2D eigenvalue weighted by Gasteiger charge is -2.05. The summed E-state index contributed by atoms with van der Waals surface area (Å²) in [4.78, 5) is 21.8. The number of rotatable bonds is 16. The van der Waals surface area contributed by atoms with Gasteiger partial charge in [-0.1, -0.05) is 60.6 Å². The van der Waals surface area contributed by atoms with Crippen LogP contribution in [0.25, 0.3) is 0 Å². The van der Waals surface area contributed by atoms with E-state index < -0.39 is 5.97 Å². The first-order chi connectivity index (χ1) is 10.7. The number of carbonyl (C=O) groups is 2. The molecule has 0 rings (SSSR count). The number of aliphatic carboxylic acids is 1. The van der Waals surface area contributed by atoms with Gasteiger partial charge in [-0.15, -0.1) is 0 Å². The van der Waals surface area contributed by atoms with Gasteiger partial charge < -0.3 is 9.84 Å². The van der Waals surface area contributed by atoms with Gasteiger partial charge in [0.15, 0.2) is 0 Å². The van der Waals surface area contributed by atoms with Crippen LogP contribution in [0.3, 0.4) is 0 Å². The molecule has 0 saturated carbocycles. The van der Waals surface area contributed by atoms with Gasteiger partial charge in [0.2, 0.25) is 0 Å². The van der Waals surface area contributed by atoms with E-state index >= 15 is 0 Å². The van der Waals surface area contributed by atoms with Crippen LogP contribution in [0, 0.1) is 0 Å². The predicted molar refractivity (Wildman–Crippen MR) is 95.4 cm³/mol. The molecule has 0 radical (unpaired) electrons. The van der Waals surface area contributed by atoms with Gasteiger partial charge in [-0.3, -0.25) is 9.59 Å². The summed E-state index contributed by atoms with van der Waals surface area (Å²) in [6.45, 7) is 2.76. The molecule has 0 spiro atoms. The van der Waals surface area contributed by atoms with Crippen molar-refractivity contribution in [2.24, 2.45) is 0 Å². The second-order valence-corrected chi connectivity index (χ2v) is 7.94. The van der Waals surface area contributed by atoms with Crippen LogP contribution < -0.4 is 0 Å². The Balaban J connectivity index is 3.17. The zero-order valence-electron chi connectivity index (χ0n) is 13.7. The van der Waals surface area contributed by atoms with Crippen LogP contribution in [0.5, 0.6) is 0 Å². The van der Waals surface area contributed by atoms with E-state index in [9.17, 15) is 9.59 Å². The Morgan fingerprint density at radius 2 is 1.45 bits per heavy atom. The molecule has 22 heavy (non-hydrogen) atoms. The SMILES string of the molecule is CCCCCCCCOC(=O)CCCSSCCCC(=O)O. The van der Waals surface area contributed by atoms with E-state index in [-0.39, 0.29) is 12.4 Å². The van der Waals surface area contributed by atoms with Crippen molar-refractivity contribution in [2.45, 2.75) is 71.1 Å². The highest BCUT2D eigenvalue weighted by Crippen LogP contribution is 2.23. The van der Waals surface area contributed by atoms with Gasteiger partial charge in [-0.2, -0.15) is 0 Å². The summed E-state index contributed by atoms with van der Waals surface area (Å²) in [6.07, 6.45) is 9.44. The standard InChI is InChI=1S/C16H30O4S2/c1-2-3-4-5-6-7-12-20-16(19)11-9-14-22-21-13-8-10-15(17)18/h2-14H2,1H3,(H,17,18).